The highest BCUT2D eigenvalue weighted by molar-refractivity contribution is 6.31. The van der Waals surface area contributed by atoms with Crippen LogP contribution in [0.2, 0.25) is 5.02 Å². The van der Waals surface area contributed by atoms with Gasteiger partial charge in [-0.1, -0.05) is 11.6 Å². The second-order valence-corrected chi connectivity index (χ2v) is 3.59. The van der Waals surface area contributed by atoms with Crippen molar-refractivity contribution >= 4 is 23.4 Å². The van der Waals surface area contributed by atoms with Crippen LogP contribution in [0, 0.1) is 0 Å². The van der Waals surface area contributed by atoms with Gasteiger partial charge in [0.2, 0.25) is 0 Å². The number of ketones is 1. The van der Waals surface area contributed by atoms with Gasteiger partial charge in [0, 0.05) is 5.56 Å². The van der Waals surface area contributed by atoms with Gasteiger partial charge in [0.1, 0.15) is 6.42 Å². The van der Waals surface area contributed by atoms with E-state index in [4.69, 9.17) is 16.7 Å². The lowest BCUT2D eigenvalue weighted by Gasteiger charge is -2.09. The lowest BCUT2D eigenvalue weighted by atomic mass is 10.0. The second kappa shape index (κ2) is 4.75. The summed E-state index contributed by atoms with van der Waals surface area (Å²) in [5.74, 6) is -2.31. The molecule has 0 heterocycles. The lowest BCUT2D eigenvalue weighted by molar-refractivity contribution is -0.137. The minimum Gasteiger partial charge on any atom is -0.481 e. The van der Waals surface area contributed by atoms with Crippen molar-refractivity contribution in [1.29, 1.82) is 0 Å². The van der Waals surface area contributed by atoms with Gasteiger partial charge in [-0.05, 0) is 18.2 Å². The third-order valence-electron chi connectivity index (χ3n) is 1.91. The van der Waals surface area contributed by atoms with Gasteiger partial charge in [-0.3, -0.25) is 9.59 Å². The van der Waals surface area contributed by atoms with Crippen molar-refractivity contribution in [3.05, 3.63) is 34.3 Å². The number of aliphatic carboxylic acids is 1. The highest BCUT2D eigenvalue weighted by Crippen LogP contribution is 2.35. The quantitative estimate of drug-likeness (QED) is 0.676. The standard InChI is InChI=1S/C10H6ClF3O3/c11-7-2-1-5(8(15)4-9(16)17)3-6(7)10(12,13)14/h1-3H,4H2,(H,16,17). The van der Waals surface area contributed by atoms with E-state index in [-0.39, 0.29) is 5.56 Å². The highest BCUT2D eigenvalue weighted by atomic mass is 35.5. The van der Waals surface area contributed by atoms with E-state index in [2.05, 4.69) is 0 Å². The van der Waals surface area contributed by atoms with Crippen LogP contribution in [0.1, 0.15) is 22.3 Å². The molecule has 3 nitrogen and oxygen atoms in total. The van der Waals surface area contributed by atoms with Gasteiger partial charge in [0.15, 0.2) is 5.78 Å². The van der Waals surface area contributed by atoms with Gasteiger partial charge in [-0.15, -0.1) is 0 Å². The maximum absolute atomic E-state index is 12.4. The number of Topliss-reactive ketones (excluding diaryl/α,β-unsaturated/α-hetero) is 1. The molecule has 1 rings (SSSR count). The number of carboxylic acids is 1. The Morgan fingerprint density at radius 1 is 1.29 bits per heavy atom. The number of carbonyl (C=O) groups excluding carboxylic acids is 1. The third kappa shape index (κ3) is 3.45. The summed E-state index contributed by atoms with van der Waals surface area (Å²) in [5, 5.41) is 7.82. The topological polar surface area (TPSA) is 54.4 Å². The van der Waals surface area contributed by atoms with E-state index in [0.717, 1.165) is 12.1 Å². The molecule has 92 valence electrons. The van der Waals surface area contributed by atoms with E-state index >= 15 is 0 Å². The molecule has 0 saturated carbocycles. The Hall–Kier alpha value is -1.56. The zero-order valence-electron chi connectivity index (χ0n) is 8.21. The summed E-state index contributed by atoms with van der Waals surface area (Å²) in [7, 11) is 0. The first-order chi connectivity index (χ1) is 7.71. The van der Waals surface area contributed by atoms with Crippen LogP contribution in [-0.4, -0.2) is 16.9 Å². The lowest BCUT2D eigenvalue weighted by Crippen LogP contribution is -2.11. The Kier molecular flexibility index (Phi) is 3.77. The van der Waals surface area contributed by atoms with Crippen molar-refractivity contribution in [3.8, 4) is 0 Å². The van der Waals surface area contributed by atoms with Gasteiger partial charge in [-0.2, -0.15) is 13.2 Å². The average Bonchev–Trinajstić information content (AvgIpc) is 2.15. The zero-order valence-corrected chi connectivity index (χ0v) is 8.97. The maximum Gasteiger partial charge on any atom is 0.417 e. The van der Waals surface area contributed by atoms with Crippen LogP contribution in [0.3, 0.4) is 0 Å². The SMILES string of the molecule is O=C(O)CC(=O)c1ccc(Cl)c(C(F)(F)F)c1. The molecule has 0 spiro atoms. The van der Waals surface area contributed by atoms with Gasteiger partial charge < -0.3 is 5.11 Å². The van der Waals surface area contributed by atoms with Crippen LogP contribution in [-0.2, 0) is 11.0 Å². The Bertz CT molecular complexity index is 468. The molecule has 0 aliphatic rings. The highest BCUT2D eigenvalue weighted by Gasteiger charge is 2.33. The van der Waals surface area contributed by atoms with Crippen molar-refractivity contribution in [3.63, 3.8) is 0 Å². The van der Waals surface area contributed by atoms with Crippen LogP contribution >= 0.6 is 11.6 Å². The average molecular weight is 267 g/mol. The molecule has 1 N–H and O–H groups in total. The molecule has 0 amide bonds. The fraction of sp³-hybridized carbons (Fsp3) is 0.200. The summed E-state index contributed by atoms with van der Waals surface area (Å²) in [6.07, 6.45) is -5.55. The number of alkyl halides is 3. The fourth-order valence-corrected chi connectivity index (χ4v) is 1.38. The van der Waals surface area contributed by atoms with Crippen LogP contribution in [0.25, 0.3) is 0 Å². The van der Waals surface area contributed by atoms with Crippen molar-refractivity contribution in [2.24, 2.45) is 0 Å². The Balaban J connectivity index is 3.13. The zero-order chi connectivity index (χ0) is 13.2. The number of benzene rings is 1. The van der Waals surface area contributed by atoms with Gasteiger partial charge in [-0.25, -0.2) is 0 Å². The molecule has 17 heavy (non-hydrogen) atoms. The molecule has 0 radical (unpaired) electrons. The van der Waals surface area contributed by atoms with Gasteiger partial charge in [0.25, 0.3) is 0 Å². The largest absolute Gasteiger partial charge is 0.481 e. The molecule has 0 aromatic heterocycles. The number of carboxylic acid groups (broad SMARTS) is 1. The van der Waals surface area contributed by atoms with Gasteiger partial charge in [0.05, 0.1) is 10.6 Å². The van der Waals surface area contributed by atoms with E-state index in [9.17, 15) is 22.8 Å². The van der Waals surface area contributed by atoms with E-state index in [1.165, 1.54) is 0 Å². The molecule has 0 aliphatic heterocycles. The number of rotatable bonds is 3. The molecule has 0 aliphatic carbocycles. The van der Waals surface area contributed by atoms with E-state index in [1.54, 1.807) is 0 Å². The fourth-order valence-electron chi connectivity index (χ4n) is 1.16. The van der Waals surface area contributed by atoms with Crippen LogP contribution < -0.4 is 0 Å². The third-order valence-corrected chi connectivity index (χ3v) is 2.24. The molecule has 1 aromatic rings. The number of hydrogen-bond acceptors (Lipinski definition) is 2. The van der Waals surface area contributed by atoms with E-state index in [1.807, 2.05) is 0 Å². The van der Waals surface area contributed by atoms with Crippen molar-refractivity contribution < 1.29 is 27.9 Å². The number of carbonyl (C=O) groups is 2. The van der Waals surface area contributed by atoms with Gasteiger partial charge >= 0.3 is 12.1 Å². The normalized spacial score (nSPS) is 11.3. The summed E-state index contributed by atoms with van der Waals surface area (Å²) in [5.41, 5.74) is -1.49. The minimum absolute atomic E-state index is 0.330. The number of halogens is 4. The van der Waals surface area contributed by atoms with E-state index in [0.29, 0.717) is 6.07 Å². The van der Waals surface area contributed by atoms with Crippen LogP contribution in [0.15, 0.2) is 18.2 Å². The molecule has 0 bridgehead atoms. The summed E-state index contributed by atoms with van der Waals surface area (Å²) in [6, 6.07) is 2.52. The summed E-state index contributed by atoms with van der Waals surface area (Å²) in [6.45, 7) is 0. The predicted octanol–water partition coefficient (Wildman–Crippen LogP) is 3.02. The Labute approximate surface area is 98.8 Å². The first-order valence-corrected chi connectivity index (χ1v) is 4.71. The number of hydrogen-bond donors (Lipinski definition) is 1. The molecule has 7 heteroatoms. The van der Waals surface area contributed by atoms with Crippen LogP contribution in [0.4, 0.5) is 13.2 Å². The molecule has 0 unspecified atom stereocenters. The Morgan fingerprint density at radius 2 is 1.88 bits per heavy atom. The molecule has 0 atom stereocenters. The molecular formula is C10H6ClF3O3. The minimum atomic E-state index is -4.68. The van der Waals surface area contributed by atoms with Crippen molar-refractivity contribution in [2.45, 2.75) is 12.6 Å². The first-order valence-electron chi connectivity index (χ1n) is 4.33. The monoisotopic (exact) mass is 266 g/mol. The van der Waals surface area contributed by atoms with Crippen molar-refractivity contribution in [1.82, 2.24) is 0 Å². The molecule has 1 aromatic carbocycles. The molecule has 0 saturated heterocycles. The van der Waals surface area contributed by atoms with E-state index < -0.39 is 34.9 Å². The second-order valence-electron chi connectivity index (χ2n) is 3.19. The predicted molar refractivity (Wildman–Crippen MR) is 53.0 cm³/mol. The first kappa shape index (κ1) is 13.5. The van der Waals surface area contributed by atoms with Crippen LogP contribution in [0.5, 0.6) is 0 Å². The maximum atomic E-state index is 12.4. The summed E-state index contributed by atoms with van der Waals surface area (Å²) < 4.78 is 37.3. The summed E-state index contributed by atoms with van der Waals surface area (Å²) in [4.78, 5) is 21.5. The van der Waals surface area contributed by atoms with Crippen molar-refractivity contribution in [2.75, 3.05) is 0 Å². The molecular weight excluding hydrogens is 261 g/mol. The smallest absolute Gasteiger partial charge is 0.417 e. The Morgan fingerprint density at radius 3 is 2.35 bits per heavy atom. The summed E-state index contributed by atoms with van der Waals surface area (Å²) >= 11 is 5.34. The molecule has 0 fully saturated rings.